The number of fused-ring (bicyclic) bond motifs is 2. The van der Waals surface area contributed by atoms with Crippen LogP contribution in [0.5, 0.6) is 0 Å². The van der Waals surface area contributed by atoms with Gasteiger partial charge in [0, 0.05) is 49.5 Å². The Hall–Kier alpha value is -4.13. The predicted molar refractivity (Wildman–Crippen MR) is 182 cm³/mol. The lowest BCUT2D eigenvalue weighted by atomic mass is 9.74. The van der Waals surface area contributed by atoms with E-state index in [1.54, 1.807) is 0 Å². The number of rotatable bonds is 6. The summed E-state index contributed by atoms with van der Waals surface area (Å²) in [7, 11) is 0. The van der Waals surface area contributed by atoms with Gasteiger partial charge in [0.25, 0.3) is 0 Å². The van der Waals surface area contributed by atoms with Gasteiger partial charge in [-0.2, -0.15) is 0 Å². The van der Waals surface area contributed by atoms with E-state index in [1.807, 2.05) is 102 Å². The Morgan fingerprint density at radius 2 is 1.66 bits per heavy atom. The van der Waals surface area contributed by atoms with Gasteiger partial charge in [0.2, 0.25) is 5.91 Å². The molecule has 0 spiro atoms. The van der Waals surface area contributed by atoms with E-state index in [1.165, 1.54) is 0 Å². The van der Waals surface area contributed by atoms with Gasteiger partial charge in [-0.3, -0.25) is 9.59 Å². The lowest BCUT2D eigenvalue weighted by Crippen LogP contribution is -2.30. The summed E-state index contributed by atoms with van der Waals surface area (Å²) in [6.45, 7) is 4.70. The zero-order valence-corrected chi connectivity index (χ0v) is 26.8. The summed E-state index contributed by atoms with van der Waals surface area (Å²) in [6.07, 6.45) is 1.08. The van der Waals surface area contributed by atoms with Crippen molar-refractivity contribution in [3.63, 3.8) is 0 Å². The van der Waals surface area contributed by atoms with Gasteiger partial charge in [-0.05, 0) is 71.5 Å². The van der Waals surface area contributed by atoms with Crippen molar-refractivity contribution in [2.45, 2.75) is 39.2 Å². The van der Waals surface area contributed by atoms with E-state index in [2.05, 4.69) is 40.1 Å². The maximum Gasteiger partial charge on any atom is 0.239 e. The van der Waals surface area contributed by atoms with Crippen LogP contribution in [0, 0.1) is 5.41 Å². The van der Waals surface area contributed by atoms with Crippen molar-refractivity contribution >= 4 is 67.1 Å². The highest BCUT2D eigenvalue weighted by Crippen LogP contribution is 2.49. The maximum atomic E-state index is 14.6. The summed E-state index contributed by atoms with van der Waals surface area (Å²) in [5.74, 6) is -0.544. The van der Waals surface area contributed by atoms with Crippen LogP contribution in [0.4, 0.5) is 11.4 Å². The second-order valence-electron chi connectivity index (χ2n) is 12.4. The Morgan fingerprint density at radius 3 is 2.43 bits per heavy atom. The second kappa shape index (κ2) is 11.1. The molecule has 1 atom stereocenters. The van der Waals surface area contributed by atoms with E-state index in [0.29, 0.717) is 35.7 Å². The number of halogens is 2. The molecule has 7 rings (SSSR count). The first kappa shape index (κ1) is 28.6. The lowest BCUT2D eigenvalue weighted by molar-refractivity contribution is -0.119. The van der Waals surface area contributed by atoms with Gasteiger partial charge in [-0.15, -0.1) is 0 Å². The van der Waals surface area contributed by atoms with Crippen LogP contribution in [0.25, 0.3) is 16.5 Å². The average Bonchev–Trinajstić information content (AvgIpc) is 3.47. The maximum absolute atomic E-state index is 14.6. The molecule has 1 amide bonds. The number of carbonyl (C=O) groups excluding carboxylic acids is 2. The largest absolute Gasteiger partial charge is 0.358 e. The molecule has 0 saturated carbocycles. The number of hydrogen-bond acceptors (Lipinski definition) is 3. The van der Waals surface area contributed by atoms with E-state index in [0.717, 1.165) is 49.1 Å². The van der Waals surface area contributed by atoms with Gasteiger partial charge in [-0.1, -0.05) is 89.9 Å². The van der Waals surface area contributed by atoms with Crippen molar-refractivity contribution in [3.8, 4) is 0 Å². The Bertz CT molecular complexity index is 1960. The number of anilines is 2. The molecule has 2 aliphatic rings. The topological polar surface area (TPSA) is 65.2 Å². The first-order valence-corrected chi connectivity index (χ1v) is 15.9. The third-order valence-corrected chi connectivity index (χ3v) is 9.33. The van der Waals surface area contributed by atoms with Crippen LogP contribution >= 0.6 is 27.5 Å². The Morgan fingerprint density at radius 1 is 0.932 bits per heavy atom. The van der Waals surface area contributed by atoms with E-state index in [4.69, 9.17) is 11.6 Å². The van der Waals surface area contributed by atoms with E-state index in [-0.39, 0.29) is 17.1 Å². The van der Waals surface area contributed by atoms with Crippen molar-refractivity contribution in [2.75, 3.05) is 10.2 Å². The molecule has 44 heavy (non-hydrogen) atoms. The number of hydrogen-bond donors (Lipinski definition) is 2. The molecule has 5 nitrogen and oxygen atoms in total. The smallest absolute Gasteiger partial charge is 0.239 e. The molecule has 0 saturated heterocycles. The van der Waals surface area contributed by atoms with Crippen molar-refractivity contribution in [3.05, 3.63) is 135 Å². The summed E-state index contributed by atoms with van der Waals surface area (Å²) >= 11 is 9.84. The number of carbonyl (C=O) groups is 2. The summed E-state index contributed by atoms with van der Waals surface area (Å²) < 4.78 is 0.904. The van der Waals surface area contributed by atoms with Crippen LogP contribution in [0.2, 0.25) is 5.02 Å². The second-order valence-corrected chi connectivity index (χ2v) is 13.8. The summed E-state index contributed by atoms with van der Waals surface area (Å²) in [6, 6.07) is 31.6. The molecule has 0 radical (unpaired) electrons. The molecule has 0 unspecified atom stereocenters. The number of nitrogens with one attached hydrogen (secondary N) is 2. The number of H-pyrrole nitrogens is 1. The first-order chi connectivity index (χ1) is 21.2. The lowest BCUT2D eigenvalue weighted by Gasteiger charge is -2.33. The quantitative estimate of drug-likeness (QED) is 0.190. The number of Topliss-reactive ketones (excluding diaryl/α,β-unsaturated/α-hetero) is 1. The molecule has 1 aliphatic carbocycles. The van der Waals surface area contributed by atoms with Crippen LogP contribution in [0.15, 0.2) is 107 Å². The third-order valence-electron chi connectivity index (χ3n) is 8.59. The molecule has 5 aromatic rings. The predicted octanol–water partition coefficient (Wildman–Crippen LogP) is 9.47. The minimum absolute atomic E-state index is 0.00595. The molecule has 0 bridgehead atoms. The minimum Gasteiger partial charge on any atom is -0.358 e. The van der Waals surface area contributed by atoms with Crippen LogP contribution < -0.4 is 10.2 Å². The van der Waals surface area contributed by atoms with E-state index >= 15 is 0 Å². The van der Waals surface area contributed by atoms with E-state index < -0.39 is 5.92 Å². The SMILES string of the molecule is CC1(C)CC(=O)C(c2[nH]c3ccc(Br)cc3c2[C@@H]2C(=O)N(Cc3ccccc3)c3ccccc32)=C(Nc2ccc(Cl)cc2)C1. The Balaban J connectivity index is 1.45. The number of para-hydroxylation sites is 1. The number of benzene rings is 4. The Labute approximate surface area is 270 Å². The number of amides is 1. The van der Waals surface area contributed by atoms with E-state index in [9.17, 15) is 9.59 Å². The number of allylic oxidation sites excluding steroid dienone is 2. The summed E-state index contributed by atoms with van der Waals surface area (Å²) in [5.41, 5.74) is 7.35. The van der Waals surface area contributed by atoms with Gasteiger partial charge in [-0.25, -0.2) is 0 Å². The average molecular weight is 665 g/mol. The Kier molecular flexibility index (Phi) is 7.22. The number of aromatic nitrogens is 1. The van der Waals surface area contributed by atoms with Crippen LogP contribution in [0.1, 0.15) is 55.0 Å². The molecule has 2 heterocycles. The molecule has 0 fully saturated rings. The molecule has 1 aromatic heterocycles. The first-order valence-electron chi connectivity index (χ1n) is 14.7. The fraction of sp³-hybridized carbons (Fsp3) is 0.189. The van der Waals surface area contributed by atoms with Crippen LogP contribution in [-0.4, -0.2) is 16.7 Å². The normalized spacial score (nSPS) is 17.8. The molecule has 220 valence electrons. The van der Waals surface area contributed by atoms with Gasteiger partial charge in [0.05, 0.1) is 23.7 Å². The van der Waals surface area contributed by atoms with Crippen LogP contribution in [-0.2, 0) is 16.1 Å². The fourth-order valence-electron chi connectivity index (χ4n) is 6.70. The van der Waals surface area contributed by atoms with Gasteiger partial charge < -0.3 is 15.2 Å². The standard InChI is InChI=1S/C37H31BrClN3O2/c1-37(2)19-29(40-25-15-13-24(39)14-16-25)34(31(43)20-37)35-32(27-18-23(38)12-17-28(27)41-35)33-26-10-6-7-11-30(26)42(36(33)44)21-22-8-4-3-5-9-22/h3-18,33,40-41H,19-21H2,1-2H3/t33-/m1/s1. The molecule has 7 heteroatoms. The molecule has 1 aliphatic heterocycles. The monoisotopic (exact) mass is 663 g/mol. The summed E-state index contributed by atoms with van der Waals surface area (Å²) in [4.78, 5) is 34.2. The minimum atomic E-state index is -0.583. The highest BCUT2D eigenvalue weighted by atomic mass is 79.9. The molecular formula is C37H31BrClN3O2. The zero-order valence-electron chi connectivity index (χ0n) is 24.5. The molecular weight excluding hydrogens is 634 g/mol. The fourth-order valence-corrected chi connectivity index (χ4v) is 7.19. The third kappa shape index (κ3) is 5.16. The molecule has 2 N–H and O–H groups in total. The number of nitrogens with zero attached hydrogens (tertiary/aromatic N) is 1. The molecule has 4 aromatic carbocycles. The van der Waals surface area contributed by atoms with Gasteiger partial charge >= 0.3 is 0 Å². The van der Waals surface area contributed by atoms with Crippen molar-refractivity contribution < 1.29 is 9.59 Å². The van der Waals surface area contributed by atoms with Gasteiger partial charge in [0.1, 0.15) is 0 Å². The van der Waals surface area contributed by atoms with Crippen molar-refractivity contribution in [1.82, 2.24) is 4.98 Å². The highest BCUT2D eigenvalue weighted by Gasteiger charge is 2.43. The van der Waals surface area contributed by atoms with Crippen molar-refractivity contribution in [1.29, 1.82) is 0 Å². The van der Waals surface area contributed by atoms with Gasteiger partial charge in [0.15, 0.2) is 5.78 Å². The number of aromatic amines is 1. The zero-order chi connectivity index (χ0) is 30.6. The summed E-state index contributed by atoms with van der Waals surface area (Å²) in [5, 5.41) is 5.13. The highest BCUT2D eigenvalue weighted by molar-refractivity contribution is 9.10. The van der Waals surface area contributed by atoms with Crippen molar-refractivity contribution in [2.24, 2.45) is 5.41 Å². The number of ketones is 1. The van der Waals surface area contributed by atoms with Crippen LogP contribution in [0.3, 0.4) is 0 Å².